The van der Waals surface area contributed by atoms with Crippen LogP contribution < -0.4 is 15.5 Å². The highest BCUT2D eigenvalue weighted by molar-refractivity contribution is 7.22. The number of nitriles is 1. The number of rotatable bonds is 4. The summed E-state index contributed by atoms with van der Waals surface area (Å²) in [4.78, 5) is 30.8. The molecule has 1 aliphatic rings. The number of piperidine rings is 1. The van der Waals surface area contributed by atoms with Gasteiger partial charge in [0.15, 0.2) is 10.9 Å². The summed E-state index contributed by atoms with van der Waals surface area (Å²) in [7, 11) is 0. The van der Waals surface area contributed by atoms with Crippen LogP contribution in [0.5, 0.6) is 0 Å². The molecule has 3 aromatic heterocycles. The standard InChI is InChI=1S/C18H18N8OS/c1-11(27)23-14-7-15(22-10-21-14)25-17-16-13(4-5-20-17)24-18(28-16)26-6-2-3-12(8-19)9-26/h4-5,7,10,12H,2-3,6,9H2,1H3,(H2,20,21,22,23,25,27). The van der Waals surface area contributed by atoms with Gasteiger partial charge in [0.25, 0.3) is 0 Å². The average Bonchev–Trinajstić information content (AvgIpc) is 3.13. The zero-order valence-corrected chi connectivity index (χ0v) is 16.0. The fourth-order valence-electron chi connectivity index (χ4n) is 3.12. The Balaban J connectivity index is 1.61. The number of thiazole rings is 1. The molecule has 28 heavy (non-hydrogen) atoms. The maximum atomic E-state index is 11.2. The number of amides is 1. The van der Waals surface area contributed by atoms with Gasteiger partial charge in [-0.2, -0.15) is 5.26 Å². The maximum Gasteiger partial charge on any atom is 0.222 e. The van der Waals surface area contributed by atoms with Crippen LogP contribution >= 0.6 is 11.3 Å². The van der Waals surface area contributed by atoms with Gasteiger partial charge in [-0.25, -0.2) is 19.9 Å². The third kappa shape index (κ3) is 3.84. The molecular weight excluding hydrogens is 376 g/mol. The predicted octanol–water partition coefficient (Wildman–Crippen LogP) is 2.92. The second-order valence-electron chi connectivity index (χ2n) is 6.51. The van der Waals surface area contributed by atoms with Crippen LogP contribution in [0.15, 0.2) is 24.7 Å². The third-order valence-electron chi connectivity index (χ3n) is 4.39. The van der Waals surface area contributed by atoms with Crippen LogP contribution in [0.25, 0.3) is 10.2 Å². The lowest BCUT2D eigenvalue weighted by molar-refractivity contribution is -0.114. The van der Waals surface area contributed by atoms with Crippen molar-refractivity contribution in [3.63, 3.8) is 0 Å². The fourth-order valence-corrected chi connectivity index (χ4v) is 4.16. The normalized spacial score (nSPS) is 16.6. The summed E-state index contributed by atoms with van der Waals surface area (Å²) in [5, 5.41) is 15.9. The Labute approximate surface area is 165 Å². The summed E-state index contributed by atoms with van der Waals surface area (Å²) >= 11 is 1.54. The van der Waals surface area contributed by atoms with Gasteiger partial charge in [0.2, 0.25) is 5.91 Å². The van der Waals surface area contributed by atoms with Gasteiger partial charge >= 0.3 is 0 Å². The number of hydrogen-bond acceptors (Lipinski definition) is 9. The van der Waals surface area contributed by atoms with E-state index in [1.165, 1.54) is 13.3 Å². The summed E-state index contributed by atoms with van der Waals surface area (Å²) in [6.45, 7) is 3.03. The number of anilines is 4. The molecule has 1 aliphatic heterocycles. The van der Waals surface area contributed by atoms with Crippen molar-refractivity contribution in [2.75, 3.05) is 28.6 Å². The molecule has 0 saturated carbocycles. The fraction of sp³-hybridized carbons (Fsp3) is 0.333. The molecule has 0 bridgehead atoms. The molecule has 1 unspecified atom stereocenters. The van der Waals surface area contributed by atoms with E-state index in [2.05, 4.69) is 36.6 Å². The molecule has 4 rings (SSSR count). The minimum absolute atomic E-state index is 0.0460. The lowest BCUT2D eigenvalue weighted by Crippen LogP contribution is -2.34. The quantitative estimate of drug-likeness (QED) is 0.693. The van der Waals surface area contributed by atoms with Gasteiger partial charge in [0.05, 0.1) is 22.2 Å². The topological polar surface area (TPSA) is 120 Å². The van der Waals surface area contributed by atoms with E-state index >= 15 is 0 Å². The van der Waals surface area contributed by atoms with Crippen molar-refractivity contribution in [1.29, 1.82) is 5.26 Å². The first-order valence-corrected chi connectivity index (χ1v) is 9.71. The largest absolute Gasteiger partial charge is 0.347 e. The minimum atomic E-state index is -0.200. The van der Waals surface area contributed by atoms with Crippen molar-refractivity contribution in [1.82, 2.24) is 19.9 Å². The molecule has 2 N–H and O–H groups in total. The van der Waals surface area contributed by atoms with Crippen LogP contribution in [0.1, 0.15) is 19.8 Å². The van der Waals surface area contributed by atoms with E-state index in [0.29, 0.717) is 24.0 Å². The average molecular weight is 394 g/mol. The minimum Gasteiger partial charge on any atom is -0.347 e. The smallest absolute Gasteiger partial charge is 0.222 e. The van der Waals surface area contributed by atoms with Crippen LogP contribution in [-0.4, -0.2) is 38.9 Å². The first kappa shape index (κ1) is 18.1. The Morgan fingerprint density at radius 2 is 2.21 bits per heavy atom. The van der Waals surface area contributed by atoms with Gasteiger partial charge in [0.1, 0.15) is 18.0 Å². The van der Waals surface area contributed by atoms with E-state index in [9.17, 15) is 10.1 Å². The van der Waals surface area contributed by atoms with Crippen molar-refractivity contribution in [2.45, 2.75) is 19.8 Å². The zero-order chi connectivity index (χ0) is 19.5. The van der Waals surface area contributed by atoms with Crippen LogP contribution in [0.2, 0.25) is 0 Å². The number of fused-ring (bicyclic) bond motifs is 1. The summed E-state index contributed by atoms with van der Waals surface area (Å²) in [5.74, 6) is 1.43. The Bertz CT molecular complexity index is 1060. The van der Waals surface area contributed by atoms with Gasteiger partial charge in [-0.05, 0) is 18.9 Å². The van der Waals surface area contributed by atoms with Crippen LogP contribution in [0.4, 0.5) is 22.6 Å². The Morgan fingerprint density at radius 3 is 3.04 bits per heavy atom. The molecular formula is C18H18N8OS. The number of carbonyl (C=O) groups is 1. The van der Waals surface area contributed by atoms with E-state index in [1.54, 1.807) is 23.6 Å². The first-order chi connectivity index (χ1) is 13.6. The number of nitrogens with zero attached hydrogens (tertiary/aromatic N) is 6. The first-order valence-electron chi connectivity index (χ1n) is 8.89. The highest BCUT2D eigenvalue weighted by Crippen LogP contribution is 2.35. The molecule has 1 fully saturated rings. The van der Waals surface area contributed by atoms with Crippen molar-refractivity contribution >= 4 is 50.0 Å². The summed E-state index contributed by atoms with van der Waals surface area (Å²) in [6, 6.07) is 5.88. The van der Waals surface area contributed by atoms with E-state index in [0.717, 1.165) is 34.7 Å². The van der Waals surface area contributed by atoms with Crippen LogP contribution in [0, 0.1) is 17.2 Å². The number of hydrogen-bond donors (Lipinski definition) is 2. The monoisotopic (exact) mass is 394 g/mol. The van der Waals surface area contributed by atoms with E-state index in [-0.39, 0.29) is 11.8 Å². The maximum absolute atomic E-state index is 11.2. The van der Waals surface area contributed by atoms with Crippen molar-refractivity contribution < 1.29 is 4.79 Å². The molecule has 142 valence electrons. The summed E-state index contributed by atoms with van der Waals surface area (Å²) in [5.41, 5.74) is 0.840. The van der Waals surface area contributed by atoms with E-state index in [4.69, 9.17) is 4.98 Å². The molecule has 0 spiro atoms. The lowest BCUT2D eigenvalue weighted by Gasteiger charge is -2.28. The van der Waals surface area contributed by atoms with Gasteiger partial charge in [0, 0.05) is 32.3 Å². The van der Waals surface area contributed by atoms with Gasteiger partial charge in [-0.15, -0.1) is 0 Å². The Hall–Kier alpha value is -3.32. The van der Waals surface area contributed by atoms with Crippen molar-refractivity contribution in [3.05, 3.63) is 24.7 Å². The molecule has 1 amide bonds. The molecule has 10 heteroatoms. The molecule has 1 saturated heterocycles. The van der Waals surface area contributed by atoms with Crippen LogP contribution in [-0.2, 0) is 4.79 Å². The molecule has 9 nitrogen and oxygen atoms in total. The second kappa shape index (κ2) is 7.74. The number of pyridine rings is 1. The van der Waals surface area contributed by atoms with Crippen LogP contribution in [0.3, 0.4) is 0 Å². The Morgan fingerprint density at radius 1 is 1.36 bits per heavy atom. The summed E-state index contributed by atoms with van der Waals surface area (Å²) < 4.78 is 0.913. The Kier molecular flexibility index (Phi) is 4.99. The SMILES string of the molecule is CC(=O)Nc1cc(Nc2nccc3nc(N4CCCC(C#N)C4)sc23)ncn1. The number of carbonyl (C=O) groups excluding carboxylic acids is 1. The van der Waals surface area contributed by atoms with Gasteiger partial charge in [-0.1, -0.05) is 11.3 Å². The predicted molar refractivity (Wildman–Crippen MR) is 108 cm³/mol. The highest BCUT2D eigenvalue weighted by atomic mass is 32.1. The van der Waals surface area contributed by atoms with E-state index in [1.807, 2.05) is 6.07 Å². The molecule has 3 aromatic rings. The summed E-state index contributed by atoms with van der Waals surface area (Å²) in [6.07, 6.45) is 5.00. The zero-order valence-electron chi connectivity index (χ0n) is 15.2. The highest BCUT2D eigenvalue weighted by Gasteiger charge is 2.22. The van der Waals surface area contributed by atoms with Crippen molar-refractivity contribution in [3.8, 4) is 6.07 Å². The third-order valence-corrected chi connectivity index (χ3v) is 5.52. The molecule has 0 aromatic carbocycles. The van der Waals surface area contributed by atoms with Crippen molar-refractivity contribution in [2.24, 2.45) is 5.92 Å². The molecule has 0 radical (unpaired) electrons. The van der Waals surface area contributed by atoms with Gasteiger partial charge < -0.3 is 15.5 Å². The molecule has 1 atom stereocenters. The van der Waals surface area contributed by atoms with Gasteiger partial charge in [-0.3, -0.25) is 4.79 Å². The lowest BCUT2D eigenvalue weighted by atomic mass is 10.0. The molecule has 4 heterocycles. The second-order valence-corrected chi connectivity index (χ2v) is 7.49. The number of aromatic nitrogens is 4. The van der Waals surface area contributed by atoms with E-state index < -0.39 is 0 Å². The molecule has 0 aliphatic carbocycles. The number of nitrogens with one attached hydrogen (secondary N) is 2.